The molecule has 1 aromatic carbocycles. The zero-order valence-corrected chi connectivity index (χ0v) is 17.2. The van der Waals surface area contributed by atoms with Gasteiger partial charge in [0.05, 0.1) is 6.10 Å². The van der Waals surface area contributed by atoms with Crippen molar-refractivity contribution in [2.45, 2.75) is 50.7 Å². The number of nitrogens with two attached hydrogens (primary N) is 1. The average molecular weight is 410 g/mol. The van der Waals surface area contributed by atoms with Crippen LogP contribution < -0.4 is 5.73 Å². The van der Waals surface area contributed by atoms with Crippen molar-refractivity contribution in [2.75, 3.05) is 32.8 Å². The number of ether oxygens (including phenoxy) is 1. The van der Waals surface area contributed by atoms with Gasteiger partial charge in [-0.05, 0) is 44.2 Å². The Hall–Kier alpha value is -1.63. The average Bonchev–Trinajstić information content (AvgIpc) is 2.71. The summed E-state index contributed by atoms with van der Waals surface area (Å²) in [6, 6.07) is 9.20. The maximum Gasteiger partial charge on any atom is 0.250 e. The van der Waals surface area contributed by atoms with Crippen LogP contribution in [-0.4, -0.2) is 60.5 Å². The maximum absolute atomic E-state index is 13.4. The van der Waals surface area contributed by atoms with Gasteiger partial charge in [0.1, 0.15) is 6.04 Å². The summed E-state index contributed by atoms with van der Waals surface area (Å²) in [5.74, 6) is 0.125. The molecule has 3 rings (SSSR count). The molecule has 0 aromatic heterocycles. The van der Waals surface area contributed by atoms with Gasteiger partial charge in [0, 0.05) is 32.7 Å². The Kier molecular flexibility index (Phi) is 9.22. The van der Waals surface area contributed by atoms with Gasteiger partial charge in [-0.2, -0.15) is 0 Å². The van der Waals surface area contributed by atoms with Crippen LogP contribution >= 0.6 is 12.4 Å². The van der Waals surface area contributed by atoms with Crippen molar-refractivity contribution >= 4 is 24.2 Å². The molecule has 2 N–H and O–H groups in total. The third kappa shape index (κ3) is 5.69. The number of nitrogens with zero attached hydrogens (tertiary/aromatic N) is 2. The van der Waals surface area contributed by atoms with Crippen LogP contribution in [0.3, 0.4) is 0 Å². The first-order valence-corrected chi connectivity index (χ1v) is 10.2. The van der Waals surface area contributed by atoms with E-state index in [1.165, 1.54) is 0 Å². The molecule has 0 radical (unpaired) electrons. The van der Waals surface area contributed by atoms with Crippen LogP contribution in [-0.2, 0) is 14.3 Å². The standard InChI is InChI=1S/C21H31N3O3.ClH/c22-12-6-16-27-18-10-14-23(15-11-18)21(26)20(17-7-2-1-3-8-17)24-13-5-4-9-19(24)25;/h1-3,7-8,18,20H,4-6,9-16,22H2;1H. The fraction of sp³-hybridized carbons (Fsp3) is 0.619. The van der Waals surface area contributed by atoms with E-state index in [-0.39, 0.29) is 30.3 Å². The number of halogens is 1. The normalized spacial score (nSPS) is 19.2. The molecule has 1 aromatic rings. The van der Waals surface area contributed by atoms with E-state index in [0.29, 0.717) is 39.2 Å². The van der Waals surface area contributed by atoms with Gasteiger partial charge in [-0.25, -0.2) is 0 Å². The second kappa shape index (κ2) is 11.4. The first-order valence-electron chi connectivity index (χ1n) is 10.2. The molecule has 7 heteroatoms. The minimum absolute atomic E-state index is 0. The van der Waals surface area contributed by atoms with E-state index in [2.05, 4.69) is 0 Å². The van der Waals surface area contributed by atoms with Crippen molar-refractivity contribution in [2.24, 2.45) is 5.73 Å². The number of amides is 2. The third-order valence-electron chi connectivity index (χ3n) is 5.48. The number of carbonyl (C=O) groups is 2. The van der Waals surface area contributed by atoms with Gasteiger partial charge in [0.2, 0.25) is 11.8 Å². The molecule has 2 heterocycles. The molecule has 2 aliphatic heterocycles. The summed E-state index contributed by atoms with van der Waals surface area (Å²) in [6.45, 7) is 3.34. The molecule has 28 heavy (non-hydrogen) atoms. The minimum atomic E-state index is -0.506. The van der Waals surface area contributed by atoms with Gasteiger partial charge in [0.25, 0.3) is 0 Å². The quantitative estimate of drug-likeness (QED) is 0.702. The summed E-state index contributed by atoms with van der Waals surface area (Å²) in [6.07, 6.45) is 5.15. The molecule has 156 valence electrons. The van der Waals surface area contributed by atoms with Crippen molar-refractivity contribution in [1.82, 2.24) is 9.80 Å². The lowest BCUT2D eigenvalue weighted by atomic mass is 9.98. The van der Waals surface area contributed by atoms with E-state index in [9.17, 15) is 9.59 Å². The van der Waals surface area contributed by atoms with E-state index in [0.717, 1.165) is 37.7 Å². The lowest BCUT2D eigenvalue weighted by Gasteiger charge is -2.39. The number of piperidine rings is 2. The molecule has 2 amide bonds. The van der Waals surface area contributed by atoms with Crippen molar-refractivity contribution in [3.8, 4) is 0 Å². The van der Waals surface area contributed by atoms with Crippen molar-refractivity contribution in [3.63, 3.8) is 0 Å². The molecule has 2 aliphatic rings. The number of hydrogen-bond donors (Lipinski definition) is 1. The molecule has 0 bridgehead atoms. The van der Waals surface area contributed by atoms with Gasteiger partial charge in [-0.15, -0.1) is 12.4 Å². The Morgan fingerprint density at radius 3 is 2.50 bits per heavy atom. The molecule has 0 saturated carbocycles. The Bertz CT molecular complexity index is 621. The Labute approximate surface area is 173 Å². The number of benzene rings is 1. The molecule has 2 fully saturated rings. The topological polar surface area (TPSA) is 75.9 Å². The SMILES string of the molecule is Cl.NCCCOC1CCN(C(=O)C(c2ccccc2)N2CCCCC2=O)CC1. The van der Waals surface area contributed by atoms with Gasteiger partial charge in [0.15, 0.2) is 0 Å². The Morgan fingerprint density at radius 2 is 1.86 bits per heavy atom. The predicted molar refractivity (Wildman–Crippen MR) is 111 cm³/mol. The highest BCUT2D eigenvalue weighted by Crippen LogP contribution is 2.29. The van der Waals surface area contributed by atoms with E-state index in [1.807, 2.05) is 35.2 Å². The first kappa shape index (κ1) is 22.7. The summed E-state index contributed by atoms with van der Waals surface area (Å²) < 4.78 is 5.85. The van der Waals surface area contributed by atoms with Crippen LogP contribution in [0.1, 0.15) is 50.1 Å². The van der Waals surface area contributed by atoms with Crippen LogP contribution in [0.2, 0.25) is 0 Å². The maximum atomic E-state index is 13.4. The Balaban J connectivity index is 0.00000280. The van der Waals surface area contributed by atoms with E-state index in [1.54, 1.807) is 4.90 Å². The summed E-state index contributed by atoms with van der Waals surface area (Å²) in [5.41, 5.74) is 6.41. The molecule has 1 unspecified atom stereocenters. The highest BCUT2D eigenvalue weighted by atomic mass is 35.5. The number of hydrogen-bond acceptors (Lipinski definition) is 4. The third-order valence-corrected chi connectivity index (χ3v) is 5.48. The van der Waals surface area contributed by atoms with Crippen LogP contribution in [0.15, 0.2) is 30.3 Å². The Morgan fingerprint density at radius 1 is 1.14 bits per heavy atom. The lowest BCUT2D eigenvalue weighted by molar-refractivity contribution is -0.149. The monoisotopic (exact) mass is 409 g/mol. The first-order chi connectivity index (χ1) is 13.2. The van der Waals surface area contributed by atoms with Crippen LogP contribution in [0.4, 0.5) is 0 Å². The molecule has 6 nitrogen and oxygen atoms in total. The summed E-state index contributed by atoms with van der Waals surface area (Å²) in [7, 11) is 0. The fourth-order valence-electron chi connectivity index (χ4n) is 3.94. The largest absolute Gasteiger partial charge is 0.378 e. The zero-order valence-electron chi connectivity index (χ0n) is 16.4. The van der Waals surface area contributed by atoms with E-state index in [4.69, 9.17) is 10.5 Å². The van der Waals surface area contributed by atoms with Crippen molar-refractivity contribution in [3.05, 3.63) is 35.9 Å². The summed E-state index contributed by atoms with van der Waals surface area (Å²) in [5, 5.41) is 0. The predicted octanol–water partition coefficient (Wildman–Crippen LogP) is 2.52. The second-order valence-corrected chi connectivity index (χ2v) is 7.40. The molecule has 0 aliphatic carbocycles. The molecule has 1 atom stereocenters. The smallest absolute Gasteiger partial charge is 0.250 e. The van der Waals surface area contributed by atoms with Crippen molar-refractivity contribution < 1.29 is 14.3 Å². The molecule has 2 saturated heterocycles. The zero-order chi connectivity index (χ0) is 19.1. The van der Waals surface area contributed by atoms with E-state index >= 15 is 0 Å². The van der Waals surface area contributed by atoms with Crippen LogP contribution in [0.25, 0.3) is 0 Å². The minimum Gasteiger partial charge on any atom is -0.378 e. The molecule has 0 spiro atoms. The highest BCUT2D eigenvalue weighted by molar-refractivity contribution is 5.89. The summed E-state index contributed by atoms with van der Waals surface area (Å²) >= 11 is 0. The van der Waals surface area contributed by atoms with Crippen LogP contribution in [0.5, 0.6) is 0 Å². The molecular formula is C21H32ClN3O3. The number of likely N-dealkylation sites (tertiary alicyclic amines) is 2. The number of carbonyl (C=O) groups excluding carboxylic acids is 2. The van der Waals surface area contributed by atoms with Gasteiger partial charge in [-0.3, -0.25) is 9.59 Å². The lowest BCUT2D eigenvalue weighted by Crippen LogP contribution is -2.49. The van der Waals surface area contributed by atoms with Gasteiger partial charge < -0.3 is 20.3 Å². The van der Waals surface area contributed by atoms with Gasteiger partial charge >= 0.3 is 0 Å². The molecular weight excluding hydrogens is 378 g/mol. The van der Waals surface area contributed by atoms with Crippen LogP contribution in [0, 0.1) is 0 Å². The number of rotatable bonds is 7. The van der Waals surface area contributed by atoms with Gasteiger partial charge in [-0.1, -0.05) is 30.3 Å². The van der Waals surface area contributed by atoms with E-state index < -0.39 is 6.04 Å². The second-order valence-electron chi connectivity index (χ2n) is 7.40. The van der Waals surface area contributed by atoms with Crippen molar-refractivity contribution in [1.29, 1.82) is 0 Å². The fourth-order valence-corrected chi connectivity index (χ4v) is 3.94. The highest BCUT2D eigenvalue weighted by Gasteiger charge is 2.36. The summed E-state index contributed by atoms with van der Waals surface area (Å²) in [4.78, 5) is 29.6.